The third-order valence-corrected chi connectivity index (χ3v) is 2.48. The number of carbonyl (C=O) groups is 2. The Balaban J connectivity index is 2.95. The SMILES string of the molecule is C=CCCC1(C(=O)OC)CC(=C)OC1=O. The van der Waals surface area contributed by atoms with Gasteiger partial charge in [0.1, 0.15) is 5.76 Å². The molecule has 0 spiro atoms. The van der Waals surface area contributed by atoms with E-state index in [0.717, 1.165) is 0 Å². The standard InChI is InChI=1S/C11H14O4/c1-4-5-6-11(9(12)14-3)7-8(2)15-10(11)13/h4H,1-2,5-7H2,3H3. The molecular weight excluding hydrogens is 196 g/mol. The number of cyclic esters (lactones) is 1. The van der Waals surface area contributed by atoms with Gasteiger partial charge in [-0.15, -0.1) is 6.58 Å². The minimum Gasteiger partial charge on any atom is -0.468 e. The Labute approximate surface area is 88.6 Å². The third kappa shape index (κ3) is 1.93. The van der Waals surface area contributed by atoms with Crippen molar-refractivity contribution >= 4 is 11.9 Å². The van der Waals surface area contributed by atoms with Gasteiger partial charge < -0.3 is 9.47 Å². The molecule has 1 aliphatic heterocycles. The highest BCUT2D eigenvalue weighted by atomic mass is 16.6. The molecule has 1 rings (SSSR count). The molecule has 0 amide bonds. The Morgan fingerprint density at radius 1 is 1.73 bits per heavy atom. The third-order valence-electron chi connectivity index (χ3n) is 2.48. The van der Waals surface area contributed by atoms with Crippen LogP contribution in [-0.4, -0.2) is 19.0 Å². The monoisotopic (exact) mass is 210 g/mol. The maximum absolute atomic E-state index is 11.6. The highest BCUT2D eigenvalue weighted by Crippen LogP contribution is 2.40. The van der Waals surface area contributed by atoms with Crippen LogP contribution in [0.15, 0.2) is 25.0 Å². The van der Waals surface area contributed by atoms with Crippen LogP contribution in [0.1, 0.15) is 19.3 Å². The Morgan fingerprint density at radius 3 is 2.80 bits per heavy atom. The summed E-state index contributed by atoms with van der Waals surface area (Å²) in [6.45, 7) is 7.10. The summed E-state index contributed by atoms with van der Waals surface area (Å²) in [6.07, 6.45) is 2.75. The molecule has 0 aromatic carbocycles. The first kappa shape index (κ1) is 11.5. The molecule has 0 aliphatic carbocycles. The van der Waals surface area contributed by atoms with Gasteiger partial charge in [-0.25, -0.2) is 0 Å². The zero-order valence-corrected chi connectivity index (χ0v) is 8.75. The lowest BCUT2D eigenvalue weighted by Crippen LogP contribution is -2.36. The smallest absolute Gasteiger partial charge is 0.329 e. The fourth-order valence-electron chi connectivity index (χ4n) is 1.67. The van der Waals surface area contributed by atoms with Crippen LogP contribution < -0.4 is 0 Å². The summed E-state index contributed by atoms with van der Waals surface area (Å²) >= 11 is 0. The summed E-state index contributed by atoms with van der Waals surface area (Å²) in [4.78, 5) is 23.2. The molecule has 0 aromatic rings. The average Bonchev–Trinajstić information content (AvgIpc) is 2.50. The minimum absolute atomic E-state index is 0.201. The zero-order chi connectivity index (χ0) is 11.5. The molecule has 1 fully saturated rings. The van der Waals surface area contributed by atoms with Crippen LogP contribution in [0.5, 0.6) is 0 Å². The second-order valence-electron chi connectivity index (χ2n) is 3.51. The molecule has 4 nitrogen and oxygen atoms in total. The van der Waals surface area contributed by atoms with Gasteiger partial charge in [-0.05, 0) is 12.8 Å². The fraction of sp³-hybridized carbons (Fsp3) is 0.455. The van der Waals surface area contributed by atoms with Crippen molar-refractivity contribution in [2.45, 2.75) is 19.3 Å². The molecule has 1 saturated heterocycles. The first-order valence-electron chi connectivity index (χ1n) is 4.66. The Hall–Kier alpha value is -1.58. The van der Waals surface area contributed by atoms with Crippen LogP contribution in [0.25, 0.3) is 0 Å². The molecule has 0 bridgehead atoms. The second kappa shape index (κ2) is 4.29. The average molecular weight is 210 g/mol. The number of hydrogen-bond donors (Lipinski definition) is 0. The molecule has 1 unspecified atom stereocenters. The normalized spacial score (nSPS) is 24.9. The second-order valence-corrected chi connectivity index (χ2v) is 3.51. The molecule has 1 atom stereocenters. The highest BCUT2D eigenvalue weighted by molar-refractivity contribution is 6.02. The van der Waals surface area contributed by atoms with Crippen LogP contribution in [0.4, 0.5) is 0 Å². The van der Waals surface area contributed by atoms with Crippen LogP contribution in [0, 0.1) is 5.41 Å². The van der Waals surface area contributed by atoms with E-state index < -0.39 is 17.4 Å². The first-order chi connectivity index (χ1) is 7.06. The Bertz CT molecular complexity index is 319. The first-order valence-corrected chi connectivity index (χ1v) is 4.66. The van der Waals surface area contributed by atoms with Crippen molar-refractivity contribution in [3.63, 3.8) is 0 Å². The van der Waals surface area contributed by atoms with Crippen molar-refractivity contribution in [2.24, 2.45) is 5.41 Å². The molecule has 0 aromatic heterocycles. The number of ether oxygens (including phenoxy) is 2. The van der Waals surface area contributed by atoms with E-state index in [9.17, 15) is 9.59 Å². The zero-order valence-electron chi connectivity index (χ0n) is 8.75. The molecule has 1 aliphatic rings. The van der Waals surface area contributed by atoms with Crippen molar-refractivity contribution < 1.29 is 19.1 Å². The molecule has 15 heavy (non-hydrogen) atoms. The summed E-state index contributed by atoms with van der Waals surface area (Å²) in [5, 5.41) is 0. The minimum atomic E-state index is -1.21. The van der Waals surface area contributed by atoms with Crippen molar-refractivity contribution in [3.8, 4) is 0 Å². The lowest BCUT2D eigenvalue weighted by atomic mass is 9.81. The van der Waals surface area contributed by atoms with E-state index in [4.69, 9.17) is 4.74 Å². The topological polar surface area (TPSA) is 52.6 Å². The molecule has 0 N–H and O–H groups in total. The maximum atomic E-state index is 11.6. The van der Waals surface area contributed by atoms with Gasteiger partial charge in [0.2, 0.25) is 0 Å². The van der Waals surface area contributed by atoms with Crippen LogP contribution in [0.3, 0.4) is 0 Å². The van der Waals surface area contributed by atoms with E-state index in [1.165, 1.54) is 7.11 Å². The van der Waals surface area contributed by atoms with Crippen molar-refractivity contribution in [2.75, 3.05) is 7.11 Å². The molecular formula is C11H14O4. The Morgan fingerprint density at radius 2 is 2.40 bits per heavy atom. The van der Waals surface area contributed by atoms with Crippen LogP contribution >= 0.6 is 0 Å². The summed E-state index contributed by atoms with van der Waals surface area (Å²) in [5.41, 5.74) is -1.21. The van der Waals surface area contributed by atoms with E-state index in [-0.39, 0.29) is 6.42 Å². The summed E-state index contributed by atoms with van der Waals surface area (Å²) in [5.74, 6) is -0.816. The number of carbonyl (C=O) groups excluding carboxylic acids is 2. The molecule has 82 valence electrons. The van der Waals surface area contributed by atoms with E-state index in [1.807, 2.05) is 0 Å². The maximum Gasteiger partial charge on any atom is 0.329 e. The number of allylic oxidation sites excluding steroid dienone is 2. The quantitative estimate of drug-likeness (QED) is 0.401. The van der Waals surface area contributed by atoms with Gasteiger partial charge in [0.05, 0.1) is 7.11 Å². The number of esters is 2. The number of hydrogen-bond acceptors (Lipinski definition) is 4. The number of rotatable bonds is 4. The van der Waals surface area contributed by atoms with Crippen molar-refractivity contribution in [1.82, 2.24) is 0 Å². The molecule has 4 heteroatoms. The van der Waals surface area contributed by atoms with Gasteiger partial charge in [0.25, 0.3) is 0 Å². The molecule has 0 radical (unpaired) electrons. The summed E-state index contributed by atoms with van der Waals surface area (Å²) in [7, 11) is 1.26. The molecule has 0 saturated carbocycles. The van der Waals surface area contributed by atoms with Crippen LogP contribution in [-0.2, 0) is 19.1 Å². The summed E-state index contributed by atoms with van der Waals surface area (Å²) < 4.78 is 9.47. The van der Waals surface area contributed by atoms with Gasteiger partial charge in [0, 0.05) is 6.42 Å². The lowest BCUT2D eigenvalue weighted by Gasteiger charge is -2.19. The lowest BCUT2D eigenvalue weighted by molar-refractivity contribution is -0.162. The van der Waals surface area contributed by atoms with Gasteiger partial charge in [-0.2, -0.15) is 0 Å². The van der Waals surface area contributed by atoms with Gasteiger partial charge in [-0.3, -0.25) is 9.59 Å². The van der Waals surface area contributed by atoms with Crippen molar-refractivity contribution in [1.29, 1.82) is 0 Å². The number of methoxy groups -OCH3 is 1. The van der Waals surface area contributed by atoms with E-state index in [0.29, 0.717) is 18.6 Å². The van der Waals surface area contributed by atoms with E-state index in [2.05, 4.69) is 17.9 Å². The van der Waals surface area contributed by atoms with Crippen LogP contribution in [0.2, 0.25) is 0 Å². The molecule has 1 heterocycles. The van der Waals surface area contributed by atoms with Crippen molar-refractivity contribution in [3.05, 3.63) is 25.0 Å². The Kier molecular flexibility index (Phi) is 3.29. The van der Waals surface area contributed by atoms with E-state index in [1.54, 1.807) is 6.08 Å². The van der Waals surface area contributed by atoms with Gasteiger partial charge in [0.15, 0.2) is 5.41 Å². The highest BCUT2D eigenvalue weighted by Gasteiger charge is 2.53. The van der Waals surface area contributed by atoms with E-state index >= 15 is 0 Å². The van der Waals surface area contributed by atoms with Gasteiger partial charge >= 0.3 is 11.9 Å². The summed E-state index contributed by atoms with van der Waals surface area (Å²) in [6, 6.07) is 0. The predicted octanol–water partition coefficient (Wildman–Crippen LogP) is 1.57. The predicted molar refractivity (Wildman–Crippen MR) is 53.7 cm³/mol. The van der Waals surface area contributed by atoms with Gasteiger partial charge in [-0.1, -0.05) is 12.7 Å². The fourth-order valence-corrected chi connectivity index (χ4v) is 1.67. The largest absolute Gasteiger partial charge is 0.468 e.